The summed E-state index contributed by atoms with van der Waals surface area (Å²) in [6, 6.07) is 7.64. The molecule has 0 bridgehead atoms. The van der Waals surface area contributed by atoms with Crippen molar-refractivity contribution in [2.75, 3.05) is 7.11 Å². The third-order valence-electron chi connectivity index (χ3n) is 3.47. The van der Waals surface area contributed by atoms with Gasteiger partial charge in [0, 0.05) is 0 Å². The zero-order valence-electron chi connectivity index (χ0n) is 13.7. The number of nitro groups is 2. The number of benzene rings is 2. The summed E-state index contributed by atoms with van der Waals surface area (Å²) in [6.45, 7) is 0.897. The lowest BCUT2D eigenvalue weighted by molar-refractivity contribution is -0.396. The fourth-order valence-corrected chi connectivity index (χ4v) is 3.00. The van der Waals surface area contributed by atoms with Crippen LogP contribution in [0.25, 0.3) is 0 Å². The standard InChI is InChI=1S/C15H14N2O8S/c1-10-3-5-12(6-4-10)26(22,23)25-9-13-14(16(18)19)7-11(24-2)8-15(13)17(20)21/h3-8H,9H2,1-2H3. The quantitative estimate of drug-likeness (QED) is 0.404. The van der Waals surface area contributed by atoms with Crippen molar-refractivity contribution >= 4 is 21.5 Å². The van der Waals surface area contributed by atoms with Crippen LogP contribution in [0, 0.1) is 27.2 Å². The summed E-state index contributed by atoms with van der Waals surface area (Å²) in [4.78, 5) is 20.5. The Bertz CT molecular complexity index is 919. The van der Waals surface area contributed by atoms with Crippen LogP contribution in [0.4, 0.5) is 11.4 Å². The molecular weight excluding hydrogens is 368 g/mol. The summed E-state index contributed by atoms with van der Waals surface area (Å²) in [6.07, 6.45) is 0. The number of hydrogen-bond donors (Lipinski definition) is 0. The van der Waals surface area contributed by atoms with Crippen LogP contribution in [0.5, 0.6) is 5.75 Å². The Morgan fingerprint density at radius 2 is 1.50 bits per heavy atom. The monoisotopic (exact) mass is 382 g/mol. The average molecular weight is 382 g/mol. The minimum Gasteiger partial charge on any atom is -0.496 e. The molecule has 2 aromatic carbocycles. The van der Waals surface area contributed by atoms with Gasteiger partial charge in [0.2, 0.25) is 0 Å². The molecule has 0 saturated heterocycles. The first-order valence-electron chi connectivity index (χ1n) is 7.11. The van der Waals surface area contributed by atoms with Crippen molar-refractivity contribution in [1.82, 2.24) is 0 Å². The second kappa shape index (κ2) is 7.45. The number of hydrogen-bond acceptors (Lipinski definition) is 8. The Kier molecular flexibility index (Phi) is 5.53. The summed E-state index contributed by atoms with van der Waals surface area (Å²) >= 11 is 0. The largest absolute Gasteiger partial charge is 0.496 e. The molecule has 0 saturated carbocycles. The van der Waals surface area contributed by atoms with E-state index in [1.807, 2.05) is 0 Å². The first-order chi connectivity index (χ1) is 12.2. The maximum atomic E-state index is 12.2. The number of rotatable bonds is 7. The van der Waals surface area contributed by atoms with Crippen molar-refractivity contribution in [3.63, 3.8) is 0 Å². The van der Waals surface area contributed by atoms with Crippen LogP contribution < -0.4 is 4.74 Å². The highest BCUT2D eigenvalue weighted by Crippen LogP contribution is 2.34. The van der Waals surface area contributed by atoms with Crippen LogP contribution in [0.2, 0.25) is 0 Å². The van der Waals surface area contributed by atoms with Gasteiger partial charge in [-0.3, -0.25) is 24.4 Å². The third kappa shape index (κ3) is 4.13. The van der Waals surface area contributed by atoms with Gasteiger partial charge in [0.25, 0.3) is 21.5 Å². The molecule has 0 aliphatic heterocycles. The normalized spacial score (nSPS) is 11.2. The number of nitro benzene ring substituents is 2. The van der Waals surface area contributed by atoms with Gasteiger partial charge in [-0.2, -0.15) is 8.42 Å². The van der Waals surface area contributed by atoms with Crippen LogP contribution in [0.1, 0.15) is 11.1 Å². The Hall–Kier alpha value is -3.05. The van der Waals surface area contributed by atoms with E-state index in [4.69, 9.17) is 8.92 Å². The molecule has 138 valence electrons. The molecule has 26 heavy (non-hydrogen) atoms. The molecule has 0 aliphatic rings. The minimum absolute atomic E-state index is 0.103. The van der Waals surface area contributed by atoms with Gasteiger partial charge in [-0.15, -0.1) is 0 Å². The number of ether oxygens (including phenoxy) is 1. The smallest absolute Gasteiger partial charge is 0.297 e. The first-order valence-corrected chi connectivity index (χ1v) is 8.52. The molecule has 0 fully saturated rings. The molecule has 0 aliphatic carbocycles. The SMILES string of the molecule is COc1cc([N+](=O)[O-])c(COS(=O)(=O)c2ccc(C)cc2)c([N+](=O)[O-])c1. The van der Waals surface area contributed by atoms with Crippen LogP contribution in [0.15, 0.2) is 41.3 Å². The van der Waals surface area contributed by atoms with E-state index in [2.05, 4.69) is 0 Å². The Labute approximate surface area is 148 Å². The van der Waals surface area contributed by atoms with E-state index in [0.29, 0.717) is 0 Å². The number of methoxy groups -OCH3 is 1. The Morgan fingerprint density at radius 3 is 1.92 bits per heavy atom. The lowest BCUT2D eigenvalue weighted by Crippen LogP contribution is -2.09. The van der Waals surface area contributed by atoms with Gasteiger partial charge in [-0.25, -0.2) is 0 Å². The molecule has 0 unspecified atom stereocenters. The molecule has 2 rings (SSSR count). The van der Waals surface area contributed by atoms with Crippen molar-refractivity contribution in [1.29, 1.82) is 0 Å². The van der Waals surface area contributed by atoms with Gasteiger partial charge in [0.15, 0.2) is 0 Å². The summed E-state index contributed by atoms with van der Waals surface area (Å²) in [5.74, 6) is -0.103. The van der Waals surface area contributed by atoms with Crippen molar-refractivity contribution in [3.8, 4) is 5.75 Å². The molecule has 2 aromatic rings. The molecule has 0 radical (unpaired) electrons. The summed E-state index contributed by atoms with van der Waals surface area (Å²) in [5.41, 5.74) is -0.993. The summed E-state index contributed by atoms with van der Waals surface area (Å²) in [7, 11) is -3.06. The van der Waals surface area contributed by atoms with Gasteiger partial charge in [0.1, 0.15) is 17.9 Å². The first kappa shape index (κ1) is 19.3. The number of aryl methyl sites for hydroxylation is 1. The third-order valence-corrected chi connectivity index (χ3v) is 4.75. The summed E-state index contributed by atoms with van der Waals surface area (Å²) < 4.78 is 34.1. The second-order valence-electron chi connectivity index (χ2n) is 5.19. The Morgan fingerprint density at radius 1 is 1.00 bits per heavy atom. The van der Waals surface area contributed by atoms with E-state index < -0.39 is 43.5 Å². The van der Waals surface area contributed by atoms with Crippen molar-refractivity contribution < 1.29 is 27.2 Å². The predicted molar refractivity (Wildman–Crippen MR) is 89.5 cm³/mol. The highest BCUT2D eigenvalue weighted by molar-refractivity contribution is 7.86. The van der Waals surface area contributed by atoms with Crippen molar-refractivity contribution in [2.24, 2.45) is 0 Å². The van der Waals surface area contributed by atoms with Gasteiger partial charge < -0.3 is 4.74 Å². The molecule has 11 heteroatoms. The maximum absolute atomic E-state index is 12.2. The van der Waals surface area contributed by atoms with E-state index in [1.165, 1.54) is 19.2 Å². The van der Waals surface area contributed by atoms with Gasteiger partial charge in [-0.05, 0) is 19.1 Å². The highest BCUT2D eigenvalue weighted by Gasteiger charge is 2.29. The number of nitrogens with zero attached hydrogens (tertiary/aromatic N) is 2. The topological polar surface area (TPSA) is 139 Å². The van der Waals surface area contributed by atoms with Gasteiger partial charge in [0.05, 0.1) is 34.0 Å². The molecular formula is C15H14N2O8S. The lowest BCUT2D eigenvalue weighted by atomic mass is 10.1. The predicted octanol–water partition coefficient (Wildman–Crippen LogP) is 2.73. The lowest BCUT2D eigenvalue weighted by Gasteiger charge is -2.08. The van der Waals surface area contributed by atoms with Crippen LogP contribution >= 0.6 is 0 Å². The molecule has 0 heterocycles. The van der Waals surface area contributed by atoms with Crippen LogP contribution in [-0.2, 0) is 20.9 Å². The van der Waals surface area contributed by atoms with E-state index in [1.54, 1.807) is 19.1 Å². The minimum atomic E-state index is -4.25. The second-order valence-corrected chi connectivity index (χ2v) is 6.80. The maximum Gasteiger partial charge on any atom is 0.297 e. The van der Waals surface area contributed by atoms with Crippen LogP contribution in [-0.4, -0.2) is 25.4 Å². The fourth-order valence-electron chi connectivity index (χ4n) is 2.12. The van der Waals surface area contributed by atoms with E-state index in [9.17, 15) is 28.6 Å². The average Bonchev–Trinajstić information content (AvgIpc) is 2.59. The molecule has 0 N–H and O–H groups in total. The fraction of sp³-hybridized carbons (Fsp3) is 0.200. The van der Waals surface area contributed by atoms with Crippen LogP contribution in [0.3, 0.4) is 0 Å². The molecule has 0 atom stereocenters. The van der Waals surface area contributed by atoms with Gasteiger partial charge in [-0.1, -0.05) is 17.7 Å². The van der Waals surface area contributed by atoms with Crippen molar-refractivity contribution in [2.45, 2.75) is 18.4 Å². The van der Waals surface area contributed by atoms with Crippen molar-refractivity contribution in [3.05, 3.63) is 67.8 Å². The van der Waals surface area contributed by atoms with E-state index in [-0.39, 0.29) is 10.6 Å². The zero-order chi connectivity index (χ0) is 19.5. The molecule has 0 spiro atoms. The zero-order valence-corrected chi connectivity index (χ0v) is 14.6. The van der Waals surface area contributed by atoms with E-state index in [0.717, 1.165) is 17.7 Å². The molecule has 0 aromatic heterocycles. The van der Waals surface area contributed by atoms with E-state index >= 15 is 0 Å². The Balaban J connectivity index is 2.43. The highest BCUT2D eigenvalue weighted by atomic mass is 32.2. The molecule has 10 nitrogen and oxygen atoms in total. The van der Waals surface area contributed by atoms with Gasteiger partial charge >= 0.3 is 0 Å². The molecule has 0 amide bonds. The summed E-state index contributed by atoms with van der Waals surface area (Å²) in [5, 5.41) is 22.4.